The van der Waals surface area contributed by atoms with Gasteiger partial charge in [0.15, 0.2) is 5.16 Å². The van der Waals surface area contributed by atoms with E-state index in [2.05, 4.69) is 78.4 Å². The van der Waals surface area contributed by atoms with Crippen molar-refractivity contribution in [2.24, 2.45) is 7.05 Å². The van der Waals surface area contributed by atoms with Gasteiger partial charge < -0.3 is 9.13 Å². The summed E-state index contributed by atoms with van der Waals surface area (Å²) in [6.45, 7) is 5.12. The summed E-state index contributed by atoms with van der Waals surface area (Å²) in [6, 6.07) is 8.33. The summed E-state index contributed by atoms with van der Waals surface area (Å²) in [4.78, 5) is 4.61. The molecular weight excluding hydrogens is 386 g/mol. The van der Waals surface area contributed by atoms with Gasteiger partial charge in [-0.3, -0.25) is 0 Å². The molecule has 2 aromatic heterocycles. The second-order valence-corrected chi connectivity index (χ2v) is 7.27. The molecule has 0 spiro atoms. The van der Waals surface area contributed by atoms with Crippen LogP contribution in [0.15, 0.2) is 40.1 Å². The van der Waals surface area contributed by atoms with E-state index in [4.69, 9.17) is 0 Å². The summed E-state index contributed by atoms with van der Waals surface area (Å²) in [5.41, 5.74) is 2.31. The fourth-order valence-electron chi connectivity index (χ4n) is 2.59. The van der Waals surface area contributed by atoms with Gasteiger partial charge >= 0.3 is 0 Å². The van der Waals surface area contributed by atoms with Gasteiger partial charge in [0.1, 0.15) is 11.6 Å². The SMILES string of the molecule is CCc1nnc(CSc2ncc(-c3ccc(Br)cc3)n2CC)n1C. The number of halogens is 1. The summed E-state index contributed by atoms with van der Waals surface area (Å²) in [5.74, 6) is 2.76. The molecule has 0 N–H and O–H groups in total. The summed E-state index contributed by atoms with van der Waals surface area (Å²) in [5, 5.41) is 9.51. The van der Waals surface area contributed by atoms with Gasteiger partial charge in [0.2, 0.25) is 0 Å². The molecule has 7 heteroatoms. The molecule has 0 bridgehead atoms. The van der Waals surface area contributed by atoms with Crippen LogP contribution in [0.1, 0.15) is 25.5 Å². The van der Waals surface area contributed by atoms with Crippen molar-refractivity contribution < 1.29 is 0 Å². The predicted octanol–water partition coefficient (Wildman–Crippen LogP) is 4.32. The highest BCUT2D eigenvalue weighted by Gasteiger charge is 2.13. The second kappa shape index (κ2) is 7.53. The molecule has 0 aliphatic rings. The van der Waals surface area contributed by atoms with Crippen molar-refractivity contribution in [3.63, 3.8) is 0 Å². The summed E-state index contributed by atoms with van der Waals surface area (Å²) >= 11 is 5.18. The number of hydrogen-bond donors (Lipinski definition) is 0. The van der Waals surface area contributed by atoms with Gasteiger partial charge in [0, 0.05) is 24.5 Å². The molecule has 0 saturated heterocycles. The van der Waals surface area contributed by atoms with Crippen LogP contribution < -0.4 is 0 Å². The van der Waals surface area contributed by atoms with Crippen LogP contribution in [-0.4, -0.2) is 24.3 Å². The van der Waals surface area contributed by atoms with Crippen LogP contribution in [0, 0.1) is 0 Å². The van der Waals surface area contributed by atoms with Crippen molar-refractivity contribution in [1.82, 2.24) is 24.3 Å². The summed E-state index contributed by atoms with van der Waals surface area (Å²) in [6.07, 6.45) is 2.84. The molecule has 0 aliphatic heterocycles. The fourth-order valence-corrected chi connectivity index (χ4v) is 3.88. The molecule has 2 heterocycles. The molecule has 126 valence electrons. The maximum Gasteiger partial charge on any atom is 0.168 e. The number of imidazole rings is 1. The molecule has 5 nitrogen and oxygen atoms in total. The van der Waals surface area contributed by atoms with Gasteiger partial charge in [0.25, 0.3) is 0 Å². The van der Waals surface area contributed by atoms with Gasteiger partial charge in [-0.05, 0) is 24.6 Å². The lowest BCUT2D eigenvalue weighted by atomic mass is 10.2. The lowest BCUT2D eigenvalue weighted by molar-refractivity contribution is 0.686. The smallest absolute Gasteiger partial charge is 0.168 e. The minimum absolute atomic E-state index is 0.764. The van der Waals surface area contributed by atoms with E-state index in [-0.39, 0.29) is 0 Å². The van der Waals surface area contributed by atoms with E-state index in [1.165, 1.54) is 5.56 Å². The first-order chi connectivity index (χ1) is 11.6. The highest BCUT2D eigenvalue weighted by atomic mass is 79.9. The quantitative estimate of drug-likeness (QED) is 0.573. The van der Waals surface area contributed by atoms with Crippen molar-refractivity contribution in [2.75, 3.05) is 0 Å². The third kappa shape index (κ3) is 3.42. The van der Waals surface area contributed by atoms with E-state index in [0.717, 1.165) is 45.7 Å². The average Bonchev–Trinajstić information content (AvgIpc) is 3.16. The number of nitrogens with zero attached hydrogens (tertiary/aromatic N) is 5. The lowest BCUT2D eigenvalue weighted by Gasteiger charge is -2.09. The first kappa shape index (κ1) is 17.2. The number of hydrogen-bond acceptors (Lipinski definition) is 4. The van der Waals surface area contributed by atoms with Gasteiger partial charge in [0.05, 0.1) is 17.6 Å². The Morgan fingerprint density at radius 2 is 1.79 bits per heavy atom. The third-order valence-electron chi connectivity index (χ3n) is 3.98. The van der Waals surface area contributed by atoms with Crippen molar-refractivity contribution >= 4 is 27.7 Å². The Morgan fingerprint density at radius 3 is 2.42 bits per heavy atom. The van der Waals surface area contributed by atoms with Gasteiger partial charge in [-0.15, -0.1) is 10.2 Å². The zero-order valence-electron chi connectivity index (χ0n) is 14.0. The number of aryl methyl sites for hydroxylation is 1. The minimum Gasteiger partial charge on any atom is -0.319 e. The van der Waals surface area contributed by atoms with Crippen molar-refractivity contribution in [1.29, 1.82) is 0 Å². The van der Waals surface area contributed by atoms with Crippen molar-refractivity contribution in [3.8, 4) is 11.3 Å². The first-order valence-electron chi connectivity index (χ1n) is 7.95. The molecule has 0 saturated carbocycles. The van der Waals surface area contributed by atoms with Gasteiger partial charge in [-0.1, -0.05) is 46.7 Å². The van der Waals surface area contributed by atoms with Crippen LogP contribution in [0.2, 0.25) is 0 Å². The van der Waals surface area contributed by atoms with E-state index < -0.39 is 0 Å². The minimum atomic E-state index is 0.764. The molecule has 0 unspecified atom stereocenters. The molecule has 0 aliphatic carbocycles. The largest absolute Gasteiger partial charge is 0.319 e. The van der Waals surface area contributed by atoms with Gasteiger partial charge in [-0.2, -0.15) is 0 Å². The standard InChI is InChI=1S/C17H20BrN5S/c1-4-15-20-21-16(22(15)3)11-24-17-19-10-14(23(17)5-2)12-6-8-13(18)9-7-12/h6-10H,4-5,11H2,1-3H3. The van der Waals surface area contributed by atoms with E-state index in [1.54, 1.807) is 11.8 Å². The van der Waals surface area contributed by atoms with Crippen LogP contribution >= 0.6 is 27.7 Å². The molecule has 0 fully saturated rings. The summed E-state index contributed by atoms with van der Waals surface area (Å²) in [7, 11) is 2.02. The summed E-state index contributed by atoms with van der Waals surface area (Å²) < 4.78 is 5.39. The van der Waals surface area contributed by atoms with Gasteiger partial charge in [-0.25, -0.2) is 4.98 Å². The Hall–Kier alpha value is -1.60. The van der Waals surface area contributed by atoms with Crippen LogP contribution in [0.25, 0.3) is 11.3 Å². The van der Waals surface area contributed by atoms with E-state index in [1.807, 2.05) is 13.2 Å². The third-order valence-corrected chi connectivity index (χ3v) is 5.49. The maximum atomic E-state index is 4.61. The molecule has 1 aromatic carbocycles. The van der Waals surface area contributed by atoms with E-state index >= 15 is 0 Å². The number of benzene rings is 1. The average molecular weight is 406 g/mol. The molecular formula is C17H20BrN5S. The Kier molecular flexibility index (Phi) is 5.40. The number of thioether (sulfide) groups is 1. The molecule has 0 radical (unpaired) electrons. The fraction of sp³-hybridized carbons (Fsp3) is 0.353. The Bertz CT molecular complexity index is 822. The van der Waals surface area contributed by atoms with Crippen LogP contribution in [-0.2, 0) is 25.8 Å². The van der Waals surface area contributed by atoms with Crippen molar-refractivity contribution in [2.45, 2.75) is 37.7 Å². The highest BCUT2D eigenvalue weighted by molar-refractivity contribution is 9.10. The second-order valence-electron chi connectivity index (χ2n) is 5.41. The van der Waals surface area contributed by atoms with E-state index in [9.17, 15) is 0 Å². The van der Waals surface area contributed by atoms with Crippen LogP contribution in [0.3, 0.4) is 0 Å². The predicted molar refractivity (Wildman–Crippen MR) is 101 cm³/mol. The molecule has 3 rings (SSSR count). The van der Waals surface area contributed by atoms with Crippen LogP contribution in [0.4, 0.5) is 0 Å². The highest BCUT2D eigenvalue weighted by Crippen LogP contribution is 2.28. The zero-order chi connectivity index (χ0) is 17.1. The lowest BCUT2D eigenvalue weighted by Crippen LogP contribution is -2.02. The molecule has 0 amide bonds. The number of aromatic nitrogens is 5. The zero-order valence-corrected chi connectivity index (χ0v) is 16.4. The molecule has 24 heavy (non-hydrogen) atoms. The van der Waals surface area contributed by atoms with Crippen molar-refractivity contribution in [3.05, 3.63) is 46.6 Å². The normalized spacial score (nSPS) is 11.2. The van der Waals surface area contributed by atoms with Crippen LogP contribution in [0.5, 0.6) is 0 Å². The van der Waals surface area contributed by atoms with E-state index in [0.29, 0.717) is 0 Å². The Morgan fingerprint density at radius 1 is 1.08 bits per heavy atom. The Balaban J connectivity index is 1.81. The topological polar surface area (TPSA) is 48.5 Å². The molecule has 3 aromatic rings. The molecule has 0 atom stereocenters. The Labute approximate surface area is 154 Å². The number of rotatable bonds is 6. The monoisotopic (exact) mass is 405 g/mol. The first-order valence-corrected chi connectivity index (χ1v) is 9.73. The maximum absolute atomic E-state index is 4.61.